The van der Waals surface area contributed by atoms with E-state index in [1.54, 1.807) is 24.0 Å². The van der Waals surface area contributed by atoms with Gasteiger partial charge in [-0.05, 0) is 54.7 Å². The Kier molecular flexibility index (Phi) is 6.67. The molecule has 0 spiro atoms. The Bertz CT molecular complexity index is 974. The van der Waals surface area contributed by atoms with Gasteiger partial charge in [-0.15, -0.1) is 0 Å². The lowest BCUT2D eigenvalue weighted by Gasteiger charge is -2.39. The van der Waals surface area contributed by atoms with E-state index in [1.165, 1.54) is 25.1 Å². The number of carbonyl (C=O) groups is 2. The summed E-state index contributed by atoms with van der Waals surface area (Å²) in [6.07, 6.45) is -3.40. The molecule has 2 aromatic carbocycles. The second-order valence-electron chi connectivity index (χ2n) is 7.89. The van der Waals surface area contributed by atoms with Crippen molar-refractivity contribution in [3.63, 3.8) is 0 Å². The lowest BCUT2D eigenvalue weighted by atomic mass is 9.88. The van der Waals surface area contributed by atoms with Crippen molar-refractivity contribution in [3.05, 3.63) is 70.5 Å². The fraction of sp³-hybridized carbons (Fsp3) is 0.391. The van der Waals surface area contributed by atoms with Gasteiger partial charge in [0.05, 0.1) is 17.5 Å². The molecule has 0 aromatic heterocycles. The van der Waals surface area contributed by atoms with Gasteiger partial charge in [0, 0.05) is 20.0 Å². The number of benzene rings is 2. The summed E-state index contributed by atoms with van der Waals surface area (Å²) in [6.45, 7) is 3.25. The molecule has 0 unspecified atom stereocenters. The van der Waals surface area contributed by atoms with Gasteiger partial charge in [0.25, 0.3) is 0 Å². The van der Waals surface area contributed by atoms with Gasteiger partial charge in [-0.3, -0.25) is 9.59 Å². The van der Waals surface area contributed by atoms with Gasteiger partial charge in [0.1, 0.15) is 5.82 Å². The quantitative estimate of drug-likeness (QED) is 0.702. The van der Waals surface area contributed by atoms with Crippen molar-refractivity contribution in [2.75, 3.05) is 6.54 Å². The number of nitrogens with one attached hydrogen (secondary N) is 1. The number of aryl methyl sites for hydroxylation is 1. The molecule has 4 nitrogen and oxygen atoms in total. The Hall–Kier alpha value is -2.90. The van der Waals surface area contributed by atoms with E-state index in [0.29, 0.717) is 24.0 Å². The summed E-state index contributed by atoms with van der Waals surface area (Å²) >= 11 is 0. The predicted molar refractivity (Wildman–Crippen MR) is 107 cm³/mol. The van der Waals surface area contributed by atoms with Crippen LogP contribution in [0.1, 0.15) is 48.1 Å². The predicted octanol–water partition coefficient (Wildman–Crippen LogP) is 4.77. The van der Waals surface area contributed by atoms with Crippen LogP contribution in [0.4, 0.5) is 17.6 Å². The molecular formula is C23H24F4N2O2. The molecule has 1 heterocycles. The fourth-order valence-corrected chi connectivity index (χ4v) is 3.95. The molecule has 0 radical (unpaired) electrons. The third-order valence-corrected chi connectivity index (χ3v) is 5.64. The molecule has 31 heavy (non-hydrogen) atoms. The third kappa shape index (κ3) is 5.42. The summed E-state index contributed by atoms with van der Waals surface area (Å²) in [4.78, 5) is 26.5. The number of rotatable bonds is 4. The molecule has 0 bridgehead atoms. The molecule has 1 N–H and O–H groups in total. The molecule has 3 rings (SSSR count). The monoisotopic (exact) mass is 436 g/mol. The highest BCUT2D eigenvalue weighted by atomic mass is 19.4. The molecule has 8 heteroatoms. The second kappa shape index (κ2) is 9.08. The highest BCUT2D eigenvalue weighted by Crippen LogP contribution is 2.34. The van der Waals surface area contributed by atoms with Crippen LogP contribution in [0.5, 0.6) is 0 Å². The Morgan fingerprint density at radius 2 is 1.87 bits per heavy atom. The van der Waals surface area contributed by atoms with E-state index in [9.17, 15) is 27.2 Å². The highest BCUT2D eigenvalue weighted by Gasteiger charge is 2.34. The minimum atomic E-state index is -4.45. The SMILES string of the molecule is CC(=O)N1C[C@@H](C(=O)NCc2cccc(C(F)(F)F)c2)CC[C@H]1c1ccc(F)c(C)c1. The first kappa shape index (κ1) is 22.8. The van der Waals surface area contributed by atoms with Crippen molar-refractivity contribution in [2.24, 2.45) is 5.92 Å². The van der Waals surface area contributed by atoms with E-state index in [1.807, 2.05) is 0 Å². The zero-order valence-electron chi connectivity index (χ0n) is 17.3. The van der Waals surface area contributed by atoms with Crippen LogP contribution >= 0.6 is 0 Å². The average molecular weight is 436 g/mol. The lowest BCUT2D eigenvalue weighted by Crippen LogP contribution is -2.46. The minimum Gasteiger partial charge on any atom is -0.352 e. The van der Waals surface area contributed by atoms with Gasteiger partial charge >= 0.3 is 6.18 Å². The third-order valence-electron chi connectivity index (χ3n) is 5.64. The van der Waals surface area contributed by atoms with E-state index in [4.69, 9.17) is 0 Å². The maximum Gasteiger partial charge on any atom is 0.416 e. The Morgan fingerprint density at radius 3 is 2.52 bits per heavy atom. The largest absolute Gasteiger partial charge is 0.416 e. The van der Waals surface area contributed by atoms with Crippen molar-refractivity contribution in [2.45, 2.75) is 45.5 Å². The first-order valence-electron chi connectivity index (χ1n) is 10.0. The fourth-order valence-electron chi connectivity index (χ4n) is 3.95. The second-order valence-corrected chi connectivity index (χ2v) is 7.89. The summed E-state index contributed by atoms with van der Waals surface area (Å²) in [5.74, 6) is -1.28. The normalized spacial score (nSPS) is 19.2. The standard InChI is InChI=1S/C23H24F4N2O2/c1-14-10-17(6-8-20(14)24)21-9-7-18(13-29(21)15(2)30)22(31)28-12-16-4-3-5-19(11-16)23(25,26)27/h3-6,8,10-11,18,21H,7,9,12-13H2,1-2H3,(H,28,31)/t18-,21-/m0/s1. The van der Waals surface area contributed by atoms with Crippen LogP contribution in [0.15, 0.2) is 42.5 Å². The van der Waals surface area contributed by atoms with Crippen LogP contribution in [-0.2, 0) is 22.3 Å². The molecule has 1 saturated heterocycles. The molecular weight excluding hydrogens is 412 g/mol. The van der Waals surface area contributed by atoms with E-state index in [0.717, 1.165) is 17.7 Å². The number of hydrogen-bond donors (Lipinski definition) is 1. The summed E-state index contributed by atoms with van der Waals surface area (Å²) in [5, 5.41) is 2.68. The molecule has 1 aliphatic heterocycles. The van der Waals surface area contributed by atoms with Crippen molar-refractivity contribution >= 4 is 11.8 Å². The first-order chi connectivity index (χ1) is 14.6. The Morgan fingerprint density at radius 1 is 1.13 bits per heavy atom. The van der Waals surface area contributed by atoms with Crippen LogP contribution in [0, 0.1) is 18.7 Å². The van der Waals surface area contributed by atoms with Gasteiger partial charge in [0.2, 0.25) is 11.8 Å². The summed E-state index contributed by atoms with van der Waals surface area (Å²) in [6, 6.07) is 9.30. The van der Waals surface area contributed by atoms with Gasteiger partial charge in [-0.1, -0.05) is 24.3 Å². The molecule has 1 aliphatic rings. The lowest BCUT2D eigenvalue weighted by molar-refractivity contribution is -0.138. The van der Waals surface area contributed by atoms with Crippen LogP contribution in [-0.4, -0.2) is 23.3 Å². The molecule has 0 aliphatic carbocycles. The smallest absolute Gasteiger partial charge is 0.352 e. The van der Waals surface area contributed by atoms with Crippen LogP contribution in [0.3, 0.4) is 0 Å². The van der Waals surface area contributed by atoms with Crippen molar-refractivity contribution in [3.8, 4) is 0 Å². The van der Waals surface area contributed by atoms with Crippen LogP contribution in [0.2, 0.25) is 0 Å². The van der Waals surface area contributed by atoms with Gasteiger partial charge in [0.15, 0.2) is 0 Å². The number of amides is 2. The average Bonchev–Trinajstić information content (AvgIpc) is 2.73. The van der Waals surface area contributed by atoms with Crippen molar-refractivity contribution in [1.82, 2.24) is 10.2 Å². The zero-order valence-corrected chi connectivity index (χ0v) is 17.3. The minimum absolute atomic E-state index is 0.0279. The molecule has 2 amide bonds. The molecule has 2 atom stereocenters. The van der Waals surface area contributed by atoms with E-state index in [2.05, 4.69) is 5.32 Å². The number of halogens is 4. The van der Waals surface area contributed by atoms with Crippen LogP contribution < -0.4 is 5.32 Å². The van der Waals surface area contributed by atoms with E-state index < -0.39 is 17.7 Å². The number of piperidine rings is 1. The van der Waals surface area contributed by atoms with E-state index in [-0.39, 0.29) is 36.8 Å². The molecule has 0 saturated carbocycles. The molecule has 1 fully saturated rings. The van der Waals surface area contributed by atoms with Gasteiger partial charge < -0.3 is 10.2 Å². The number of hydrogen-bond acceptors (Lipinski definition) is 2. The van der Waals surface area contributed by atoms with Crippen molar-refractivity contribution in [1.29, 1.82) is 0 Å². The zero-order chi connectivity index (χ0) is 22.8. The summed E-state index contributed by atoms with van der Waals surface area (Å²) in [7, 11) is 0. The topological polar surface area (TPSA) is 49.4 Å². The first-order valence-corrected chi connectivity index (χ1v) is 10.0. The highest BCUT2D eigenvalue weighted by molar-refractivity contribution is 5.81. The Labute approximate surface area is 178 Å². The maximum absolute atomic E-state index is 13.6. The van der Waals surface area contributed by atoms with E-state index >= 15 is 0 Å². The number of nitrogens with zero attached hydrogens (tertiary/aromatic N) is 1. The molecule has 2 aromatic rings. The Balaban J connectivity index is 1.66. The number of alkyl halides is 3. The summed E-state index contributed by atoms with van der Waals surface area (Å²) < 4.78 is 52.2. The van der Waals surface area contributed by atoms with Gasteiger partial charge in [-0.25, -0.2) is 4.39 Å². The summed E-state index contributed by atoms with van der Waals surface area (Å²) in [5.41, 5.74) is 0.887. The maximum atomic E-state index is 13.6. The number of carbonyl (C=O) groups excluding carboxylic acids is 2. The number of likely N-dealkylation sites (tertiary alicyclic amines) is 1. The van der Waals surface area contributed by atoms with Crippen LogP contribution in [0.25, 0.3) is 0 Å². The molecule has 166 valence electrons. The van der Waals surface area contributed by atoms with Crippen molar-refractivity contribution < 1.29 is 27.2 Å². The van der Waals surface area contributed by atoms with Gasteiger partial charge in [-0.2, -0.15) is 13.2 Å².